The number of hydrogen-bond acceptors (Lipinski definition) is 3. The molecule has 2 N–H and O–H groups in total. The lowest BCUT2D eigenvalue weighted by Gasteiger charge is -2.33. The summed E-state index contributed by atoms with van der Waals surface area (Å²) < 4.78 is 18.8. The fraction of sp³-hybridized carbons (Fsp3) is 0.611. The highest BCUT2D eigenvalue weighted by Crippen LogP contribution is 2.25. The molecule has 1 saturated carbocycles. The van der Waals surface area contributed by atoms with Gasteiger partial charge in [0.25, 0.3) is 0 Å². The van der Waals surface area contributed by atoms with E-state index in [1.807, 2.05) is 26.8 Å². The van der Waals surface area contributed by atoms with E-state index in [-0.39, 0.29) is 24.0 Å². The van der Waals surface area contributed by atoms with Crippen molar-refractivity contribution in [1.29, 1.82) is 0 Å². The van der Waals surface area contributed by atoms with Crippen molar-refractivity contribution in [2.24, 2.45) is 5.73 Å². The number of halogens is 1. The molecule has 1 aromatic carbocycles. The number of amides is 1. The molecule has 2 rings (SSSR count). The first-order valence-electron chi connectivity index (χ1n) is 8.26. The largest absolute Gasteiger partial charge is 0.444 e. The van der Waals surface area contributed by atoms with Crippen LogP contribution in [0.2, 0.25) is 0 Å². The molecule has 0 saturated heterocycles. The summed E-state index contributed by atoms with van der Waals surface area (Å²) in [5.41, 5.74) is 6.49. The van der Waals surface area contributed by atoms with Crippen molar-refractivity contribution in [2.75, 3.05) is 6.54 Å². The van der Waals surface area contributed by atoms with Gasteiger partial charge in [-0.2, -0.15) is 0 Å². The topological polar surface area (TPSA) is 55.6 Å². The summed E-state index contributed by atoms with van der Waals surface area (Å²) in [6, 6.07) is 6.45. The third-order valence-electron chi connectivity index (χ3n) is 4.09. The molecule has 2 atom stereocenters. The number of nitrogens with two attached hydrogens (primary N) is 1. The van der Waals surface area contributed by atoms with Crippen LogP contribution in [0.5, 0.6) is 0 Å². The Morgan fingerprint density at radius 3 is 2.70 bits per heavy atom. The molecular weight excluding hydrogens is 295 g/mol. The van der Waals surface area contributed by atoms with Crippen molar-refractivity contribution in [2.45, 2.75) is 64.1 Å². The van der Waals surface area contributed by atoms with Crippen molar-refractivity contribution in [3.63, 3.8) is 0 Å². The lowest BCUT2D eigenvalue weighted by atomic mass is 10.1. The van der Waals surface area contributed by atoms with Gasteiger partial charge in [-0.1, -0.05) is 12.1 Å². The molecule has 0 unspecified atom stereocenters. The molecule has 0 bridgehead atoms. The van der Waals surface area contributed by atoms with E-state index in [1.54, 1.807) is 11.0 Å². The summed E-state index contributed by atoms with van der Waals surface area (Å²) in [6.07, 6.45) is 3.08. The number of benzene rings is 1. The first-order chi connectivity index (χ1) is 10.8. The molecule has 0 aliphatic heterocycles. The van der Waals surface area contributed by atoms with E-state index in [9.17, 15) is 9.18 Å². The molecule has 23 heavy (non-hydrogen) atoms. The molecule has 0 heterocycles. The molecule has 4 nitrogen and oxygen atoms in total. The van der Waals surface area contributed by atoms with Crippen LogP contribution < -0.4 is 5.73 Å². The quantitative estimate of drug-likeness (QED) is 0.923. The number of carbonyl (C=O) groups excluding carboxylic acids is 1. The van der Waals surface area contributed by atoms with Crippen molar-refractivity contribution in [3.05, 3.63) is 35.6 Å². The maximum absolute atomic E-state index is 13.3. The Labute approximate surface area is 137 Å². The van der Waals surface area contributed by atoms with Gasteiger partial charge in [0.15, 0.2) is 0 Å². The van der Waals surface area contributed by atoms with E-state index in [0.717, 1.165) is 24.8 Å². The smallest absolute Gasteiger partial charge is 0.410 e. The summed E-state index contributed by atoms with van der Waals surface area (Å²) in [6.45, 7) is 6.04. The summed E-state index contributed by atoms with van der Waals surface area (Å²) in [5.74, 6) is -0.260. The van der Waals surface area contributed by atoms with Crippen LogP contribution in [0.1, 0.15) is 45.6 Å². The Bertz CT molecular complexity index is 542. The minimum absolute atomic E-state index is 0.00147. The number of rotatable bonds is 4. The predicted octanol–water partition coefficient (Wildman–Crippen LogP) is 3.49. The number of ether oxygens (including phenoxy) is 1. The Kier molecular flexibility index (Phi) is 5.63. The highest BCUT2D eigenvalue weighted by molar-refractivity contribution is 5.68. The second-order valence-corrected chi connectivity index (χ2v) is 7.22. The van der Waals surface area contributed by atoms with Crippen LogP contribution in [0, 0.1) is 5.82 Å². The Morgan fingerprint density at radius 1 is 1.39 bits per heavy atom. The van der Waals surface area contributed by atoms with Gasteiger partial charge in [0.1, 0.15) is 11.4 Å². The average Bonchev–Trinajstić information content (AvgIpc) is 2.83. The van der Waals surface area contributed by atoms with Gasteiger partial charge in [0.2, 0.25) is 0 Å². The van der Waals surface area contributed by atoms with E-state index in [2.05, 4.69) is 0 Å². The average molecular weight is 322 g/mol. The van der Waals surface area contributed by atoms with Crippen LogP contribution in [-0.4, -0.2) is 35.2 Å². The summed E-state index contributed by atoms with van der Waals surface area (Å²) in [5, 5.41) is 0. The molecule has 1 fully saturated rings. The van der Waals surface area contributed by atoms with Crippen LogP contribution in [0.15, 0.2) is 24.3 Å². The monoisotopic (exact) mass is 322 g/mol. The third-order valence-corrected chi connectivity index (χ3v) is 4.09. The number of hydrogen-bond donors (Lipinski definition) is 1. The summed E-state index contributed by atoms with van der Waals surface area (Å²) in [7, 11) is 0. The van der Waals surface area contributed by atoms with Crippen LogP contribution in [0.25, 0.3) is 0 Å². The maximum Gasteiger partial charge on any atom is 0.410 e. The highest BCUT2D eigenvalue weighted by atomic mass is 19.1. The molecule has 0 radical (unpaired) electrons. The molecule has 5 heteroatoms. The maximum atomic E-state index is 13.3. The van der Waals surface area contributed by atoms with Crippen LogP contribution in [0.4, 0.5) is 9.18 Å². The Hall–Kier alpha value is -1.62. The molecule has 1 amide bonds. The zero-order chi connectivity index (χ0) is 17.0. The highest BCUT2D eigenvalue weighted by Gasteiger charge is 2.34. The van der Waals surface area contributed by atoms with Gasteiger partial charge in [0, 0.05) is 12.6 Å². The zero-order valence-electron chi connectivity index (χ0n) is 14.2. The summed E-state index contributed by atoms with van der Waals surface area (Å²) in [4.78, 5) is 14.3. The zero-order valence-corrected chi connectivity index (χ0v) is 14.2. The minimum atomic E-state index is -0.545. The van der Waals surface area contributed by atoms with Crippen molar-refractivity contribution < 1.29 is 13.9 Å². The second kappa shape index (κ2) is 7.30. The van der Waals surface area contributed by atoms with Crippen molar-refractivity contribution in [3.8, 4) is 0 Å². The minimum Gasteiger partial charge on any atom is -0.444 e. The van der Waals surface area contributed by atoms with Gasteiger partial charge in [0.05, 0.1) is 6.04 Å². The van der Waals surface area contributed by atoms with E-state index >= 15 is 0 Å². The van der Waals surface area contributed by atoms with Gasteiger partial charge in [-0.15, -0.1) is 0 Å². The van der Waals surface area contributed by atoms with Crippen molar-refractivity contribution in [1.82, 2.24) is 4.90 Å². The molecular formula is C18H27FN2O2. The number of carbonyl (C=O) groups is 1. The molecule has 1 aliphatic carbocycles. The van der Waals surface area contributed by atoms with Gasteiger partial charge in [-0.3, -0.25) is 0 Å². The molecule has 1 aromatic rings. The second-order valence-electron chi connectivity index (χ2n) is 7.22. The van der Waals surface area contributed by atoms with Crippen LogP contribution in [0.3, 0.4) is 0 Å². The standard InChI is InChI=1S/C18H27FN2O2/c1-18(2,3)23-17(22)21(16-9-5-8-15(16)20)11-10-13-6-4-7-14(19)12-13/h4,6-7,12,15-16H,5,8-11,20H2,1-3H3/t15-,16+/m1/s1. The van der Waals surface area contributed by atoms with Crippen molar-refractivity contribution >= 4 is 6.09 Å². The predicted molar refractivity (Wildman–Crippen MR) is 88.7 cm³/mol. The molecule has 128 valence electrons. The number of nitrogens with zero attached hydrogens (tertiary/aromatic N) is 1. The van der Waals surface area contributed by atoms with Gasteiger partial charge >= 0.3 is 6.09 Å². The Morgan fingerprint density at radius 2 is 2.13 bits per heavy atom. The van der Waals surface area contributed by atoms with E-state index in [1.165, 1.54) is 12.1 Å². The van der Waals surface area contributed by atoms with E-state index in [0.29, 0.717) is 13.0 Å². The third kappa shape index (κ3) is 5.20. The first kappa shape index (κ1) is 17.7. The van der Waals surface area contributed by atoms with Crippen LogP contribution >= 0.6 is 0 Å². The lowest BCUT2D eigenvalue weighted by Crippen LogP contribution is -2.50. The SMILES string of the molecule is CC(C)(C)OC(=O)N(CCc1cccc(F)c1)[C@H]1CCC[C@H]1N. The normalized spacial score (nSPS) is 21.3. The molecule has 0 spiro atoms. The van der Waals surface area contributed by atoms with Gasteiger partial charge in [-0.05, 0) is 64.2 Å². The first-order valence-corrected chi connectivity index (χ1v) is 8.26. The van der Waals surface area contributed by atoms with Gasteiger partial charge in [-0.25, -0.2) is 9.18 Å². The van der Waals surface area contributed by atoms with E-state index < -0.39 is 5.60 Å². The fourth-order valence-electron chi connectivity index (χ4n) is 3.01. The van der Waals surface area contributed by atoms with E-state index in [4.69, 9.17) is 10.5 Å². The van der Waals surface area contributed by atoms with Crippen LogP contribution in [-0.2, 0) is 11.2 Å². The lowest BCUT2D eigenvalue weighted by molar-refractivity contribution is 0.0154. The van der Waals surface area contributed by atoms with Gasteiger partial charge < -0.3 is 15.4 Å². The summed E-state index contributed by atoms with van der Waals surface area (Å²) >= 11 is 0. The molecule has 1 aliphatic rings. The fourth-order valence-corrected chi connectivity index (χ4v) is 3.01. The molecule has 0 aromatic heterocycles. The Balaban J connectivity index is 2.08.